The molecule has 4 heteroatoms. The van der Waals surface area contributed by atoms with Gasteiger partial charge in [0.15, 0.2) is 6.61 Å². The summed E-state index contributed by atoms with van der Waals surface area (Å²) in [6.07, 6.45) is 0. The first kappa shape index (κ1) is 15.9. The van der Waals surface area contributed by atoms with Crippen LogP contribution in [0.4, 0.5) is 0 Å². The molecule has 0 radical (unpaired) electrons. The van der Waals surface area contributed by atoms with Crippen molar-refractivity contribution in [3.05, 3.63) is 59.7 Å². The number of benzene rings is 2. The number of aryl methyl sites for hydroxylation is 1. The van der Waals surface area contributed by atoms with E-state index in [0.29, 0.717) is 6.54 Å². The van der Waals surface area contributed by atoms with Gasteiger partial charge in [-0.05, 0) is 24.6 Å². The number of likely N-dealkylation sites (N-methyl/N-ethyl adjacent to an activating group) is 1. The molecular formula is C18H21NO3. The minimum atomic E-state index is -0.0749. The maximum Gasteiger partial charge on any atom is 0.260 e. The SMILES string of the molecule is COc1ccccc1CN(C)C(=O)COc1ccccc1C. The summed E-state index contributed by atoms with van der Waals surface area (Å²) < 4.78 is 10.9. The molecule has 2 rings (SSSR count). The van der Waals surface area contributed by atoms with E-state index in [-0.39, 0.29) is 12.5 Å². The van der Waals surface area contributed by atoms with E-state index >= 15 is 0 Å². The molecular weight excluding hydrogens is 278 g/mol. The van der Waals surface area contributed by atoms with Crippen LogP contribution in [0.2, 0.25) is 0 Å². The van der Waals surface area contributed by atoms with Gasteiger partial charge in [-0.2, -0.15) is 0 Å². The molecule has 0 bridgehead atoms. The molecule has 0 N–H and O–H groups in total. The van der Waals surface area contributed by atoms with Crippen molar-refractivity contribution < 1.29 is 14.3 Å². The highest BCUT2D eigenvalue weighted by Gasteiger charge is 2.13. The van der Waals surface area contributed by atoms with E-state index in [1.54, 1.807) is 19.1 Å². The number of carbonyl (C=O) groups is 1. The highest BCUT2D eigenvalue weighted by molar-refractivity contribution is 5.77. The van der Waals surface area contributed by atoms with Crippen molar-refractivity contribution in [3.63, 3.8) is 0 Å². The van der Waals surface area contributed by atoms with Crippen molar-refractivity contribution in [3.8, 4) is 11.5 Å². The molecule has 1 amide bonds. The fraction of sp³-hybridized carbons (Fsp3) is 0.278. The molecule has 0 fully saturated rings. The van der Waals surface area contributed by atoms with E-state index in [4.69, 9.17) is 9.47 Å². The molecule has 2 aromatic carbocycles. The Morgan fingerprint density at radius 3 is 2.36 bits per heavy atom. The Balaban J connectivity index is 1.94. The first-order valence-electron chi connectivity index (χ1n) is 7.16. The Morgan fingerprint density at radius 1 is 1.05 bits per heavy atom. The van der Waals surface area contributed by atoms with E-state index < -0.39 is 0 Å². The van der Waals surface area contributed by atoms with Gasteiger partial charge in [-0.25, -0.2) is 0 Å². The highest BCUT2D eigenvalue weighted by atomic mass is 16.5. The van der Waals surface area contributed by atoms with Crippen LogP contribution >= 0.6 is 0 Å². The zero-order valence-corrected chi connectivity index (χ0v) is 13.2. The van der Waals surface area contributed by atoms with Crippen LogP contribution in [0.15, 0.2) is 48.5 Å². The number of amides is 1. The van der Waals surface area contributed by atoms with Gasteiger partial charge in [-0.15, -0.1) is 0 Å². The van der Waals surface area contributed by atoms with Crippen molar-refractivity contribution in [2.24, 2.45) is 0 Å². The Kier molecular flexibility index (Phi) is 5.42. The van der Waals surface area contributed by atoms with Gasteiger partial charge in [0.05, 0.1) is 7.11 Å². The van der Waals surface area contributed by atoms with Gasteiger partial charge in [0.25, 0.3) is 5.91 Å². The minimum Gasteiger partial charge on any atom is -0.496 e. The second-order valence-electron chi connectivity index (χ2n) is 5.12. The number of nitrogens with zero attached hydrogens (tertiary/aromatic N) is 1. The van der Waals surface area contributed by atoms with Crippen LogP contribution in [0.25, 0.3) is 0 Å². The normalized spacial score (nSPS) is 10.1. The van der Waals surface area contributed by atoms with Gasteiger partial charge in [-0.3, -0.25) is 4.79 Å². The first-order chi connectivity index (χ1) is 10.6. The van der Waals surface area contributed by atoms with Gasteiger partial charge >= 0.3 is 0 Å². The van der Waals surface area contributed by atoms with Crippen LogP contribution in [0.1, 0.15) is 11.1 Å². The lowest BCUT2D eigenvalue weighted by Crippen LogP contribution is -2.31. The van der Waals surface area contributed by atoms with Crippen LogP contribution in [-0.4, -0.2) is 31.6 Å². The fourth-order valence-electron chi connectivity index (χ4n) is 2.15. The predicted octanol–water partition coefficient (Wildman–Crippen LogP) is 3.04. The number of methoxy groups -OCH3 is 1. The van der Waals surface area contributed by atoms with Crippen LogP contribution in [0.3, 0.4) is 0 Å². The highest BCUT2D eigenvalue weighted by Crippen LogP contribution is 2.19. The van der Waals surface area contributed by atoms with Crippen LogP contribution in [-0.2, 0) is 11.3 Å². The number of rotatable bonds is 6. The van der Waals surface area contributed by atoms with Gasteiger partial charge in [0.2, 0.25) is 0 Å². The minimum absolute atomic E-state index is 0.0243. The third-order valence-corrected chi connectivity index (χ3v) is 3.47. The van der Waals surface area contributed by atoms with Crippen LogP contribution in [0.5, 0.6) is 11.5 Å². The maximum atomic E-state index is 12.2. The Labute approximate surface area is 131 Å². The maximum absolute atomic E-state index is 12.2. The lowest BCUT2D eigenvalue weighted by molar-refractivity contribution is -0.132. The van der Waals surface area contributed by atoms with Crippen molar-refractivity contribution in [1.29, 1.82) is 0 Å². The van der Waals surface area contributed by atoms with Crippen molar-refractivity contribution in [2.75, 3.05) is 20.8 Å². The van der Waals surface area contributed by atoms with E-state index in [1.165, 1.54) is 0 Å². The van der Waals surface area contributed by atoms with Crippen LogP contribution in [0, 0.1) is 6.92 Å². The van der Waals surface area contributed by atoms with Crippen LogP contribution < -0.4 is 9.47 Å². The van der Waals surface area contributed by atoms with E-state index in [2.05, 4.69) is 0 Å². The zero-order valence-electron chi connectivity index (χ0n) is 13.2. The van der Waals surface area contributed by atoms with Crippen molar-refractivity contribution in [1.82, 2.24) is 4.90 Å². The fourth-order valence-corrected chi connectivity index (χ4v) is 2.15. The molecule has 0 heterocycles. The largest absolute Gasteiger partial charge is 0.496 e. The summed E-state index contributed by atoms with van der Waals surface area (Å²) in [4.78, 5) is 13.8. The molecule has 0 atom stereocenters. The molecule has 4 nitrogen and oxygen atoms in total. The zero-order chi connectivity index (χ0) is 15.9. The molecule has 2 aromatic rings. The molecule has 0 aliphatic rings. The number of ether oxygens (including phenoxy) is 2. The predicted molar refractivity (Wildman–Crippen MR) is 86.1 cm³/mol. The average Bonchev–Trinajstić information content (AvgIpc) is 2.54. The second-order valence-corrected chi connectivity index (χ2v) is 5.12. The summed E-state index contributed by atoms with van der Waals surface area (Å²) in [5.74, 6) is 1.44. The molecule has 0 unspecified atom stereocenters. The quantitative estimate of drug-likeness (QED) is 0.823. The smallest absolute Gasteiger partial charge is 0.260 e. The van der Waals surface area contributed by atoms with Gasteiger partial charge in [0, 0.05) is 19.2 Å². The summed E-state index contributed by atoms with van der Waals surface area (Å²) in [7, 11) is 3.39. The van der Waals surface area contributed by atoms with E-state index in [1.807, 2.05) is 55.5 Å². The molecule has 0 spiro atoms. The lowest BCUT2D eigenvalue weighted by atomic mass is 10.2. The standard InChI is InChI=1S/C18H21NO3/c1-14-8-4-6-10-16(14)22-13-18(20)19(2)12-15-9-5-7-11-17(15)21-3/h4-11H,12-13H2,1-3H3. The summed E-state index contributed by atoms with van der Waals surface area (Å²) in [5, 5.41) is 0. The first-order valence-corrected chi connectivity index (χ1v) is 7.16. The summed E-state index contributed by atoms with van der Waals surface area (Å²) in [5.41, 5.74) is 1.99. The number of carbonyl (C=O) groups excluding carboxylic acids is 1. The van der Waals surface area contributed by atoms with Crippen molar-refractivity contribution in [2.45, 2.75) is 13.5 Å². The topological polar surface area (TPSA) is 38.8 Å². The number of hydrogen-bond acceptors (Lipinski definition) is 3. The molecule has 22 heavy (non-hydrogen) atoms. The summed E-state index contributed by atoms with van der Waals surface area (Å²) in [6.45, 7) is 2.47. The van der Waals surface area contributed by atoms with E-state index in [9.17, 15) is 4.79 Å². The molecule has 0 aliphatic heterocycles. The van der Waals surface area contributed by atoms with Gasteiger partial charge in [-0.1, -0.05) is 36.4 Å². The third kappa shape index (κ3) is 4.01. The second kappa shape index (κ2) is 7.50. The number of hydrogen-bond donors (Lipinski definition) is 0. The third-order valence-electron chi connectivity index (χ3n) is 3.47. The van der Waals surface area contributed by atoms with E-state index in [0.717, 1.165) is 22.6 Å². The molecule has 0 aromatic heterocycles. The average molecular weight is 299 g/mol. The van der Waals surface area contributed by atoms with Gasteiger partial charge < -0.3 is 14.4 Å². The lowest BCUT2D eigenvalue weighted by Gasteiger charge is -2.19. The Bertz CT molecular complexity index is 640. The van der Waals surface area contributed by atoms with Gasteiger partial charge in [0.1, 0.15) is 11.5 Å². The molecule has 0 aliphatic carbocycles. The summed E-state index contributed by atoms with van der Waals surface area (Å²) in [6, 6.07) is 15.3. The molecule has 0 saturated heterocycles. The Hall–Kier alpha value is -2.49. The number of para-hydroxylation sites is 2. The summed E-state index contributed by atoms with van der Waals surface area (Å²) >= 11 is 0. The van der Waals surface area contributed by atoms with Crippen molar-refractivity contribution >= 4 is 5.91 Å². The molecule has 116 valence electrons. The monoisotopic (exact) mass is 299 g/mol. The Morgan fingerprint density at radius 2 is 1.68 bits per heavy atom. The molecule has 0 saturated carbocycles.